The van der Waals surface area contributed by atoms with Crippen LogP contribution in [0, 0.1) is 3.57 Å². The van der Waals surface area contributed by atoms with Crippen molar-refractivity contribution in [2.24, 2.45) is 0 Å². The second-order valence-corrected chi connectivity index (χ2v) is 6.54. The molecule has 20 heavy (non-hydrogen) atoms. The van der Waals surface area contributed by atoms with E-state index < -0.39 is 0 Å². The molecule has 0 fully saturated rings. The van der Waals surface area contributed by atoms with Crippen molar-refractivity contribution >= 4 is 38.5 Å². The SMILES string of the molecule is Brc1cc(-c2ccccc2)c(I)c(-c2ccccc2)c1. The molecule has 0 amide bonds. The minimum absolute atomic E-state index is 1.11. The second kappa shape index (κ2) is 6.10. The van der Waals surface area contributed by atoms with E-state index >= 15 is 0 Å². The molecule has 3 aromatic carbocycles. The average molecular weight is 435 g/mol. The molecule has 0 aromatic heterocycles. The van der Waals surface area contributed by atoms with Gasteiger partial charge in [-0.3, -0.25) is 0 Å². The Morgan fingerprint density at radius 1 is 0.650 bits per heavy atom. The molecule has 0 spiro atoms. The molecule has 0 aliphatic heterocycles. The first-order valence-electron chi connectivity index (χ1n) is 6.35. The third-order valence-electron chi connectivity index (χ3n) is 3.21. The third-order valence-corrected chi connectivity index (χ3v) is 4.83. The van der Waals surface area contributed by atoms with E-state index in [1.54, 1.807) is 0 Å². The predicted octanol–water partition coefficient (Wildman–Crippen LogP) is 6.39. The molecule has 0 heterocycles. The van der Waals surface area contributed by atoms with Gasteiger partial charge >= 0.3 is 0 Å². The zero-order chi connectivity index (χ0) is 13.9. The van der Waals surface area contributed by atoms with Crippen molar-refractivity contribution in [3.05, 3.63) is 80.8 Å². The summed E-state index contributed by atoms with van der Waals surface area (Å²) in [5, 5.41) is 0. The molecule has 0 N–H and O–H groups in total. The molecule has 0 unspecified atom stereocenters. The van der Waals surface area contributed by atoms with Crippen LogP contribution in [-0.2, 0) is 0 Å². The van der Waals surface area contributed by atoms with Gasteiger partial charge in [0.25, 0.3) is 0 Å². The maximum Gasteiger partial charge on any atom is 0.0288 e. The summed E-state index contributed by atoms with van der Waals surface area (Å²) >= 11 is 6.08. The number of hydrogen-bond acceptors (Lipinski definition) is 0. The molecule has 0 radical (unpaired) electrons. The summed E-state index contributed by atoms with van der Waals surface area (Å²) in [7, 11) is 0. The molecule has 3 aromatic rings. The van der Waals surface area contributed by atoms with Crippen LogP contribution in [0.2, 0.25) is 0 Å². The van der Waals surface area contributed by atoms with Gasteiger partial charge in [-0.1, -0.05) is 76.6 Å². The quantitative estimate of drug-likeness (QED) is 0.410. The molecule has 0 aliphatic carbocycles. The van der Waals surface area contributed by atoms with Gasteiger partial charge in [-0.25, -0.2) is 0 Å². The standard InChI is InChI=1S/C18H12BrI/c19-15-11-16(13-7-3-1-4-8-13)18(20)17(12-15)14-9-5-2-6-10-14/h1-12H. The lowest BCUT2D eigenvalue weighted by Gasteiger charge is -2.12. The Bertz CT molecular complexity index is 660. The summed E-state index contributed by atoms with van der Waals surface area (Å²) < 4.78 is 2.39. The van der Waals surface area contributed by atoms with Crippen LogP contribution in [0.15, 0.2) is 77.3 Å². The van der Waals surface area contributed by atoms with E-state index in [9.17, 15) is 0 Å². The fraction of sp³-hybridized carbons (Fsp3) is 0. The molecular weight excluding hydrogens is 423 g/mol. The highest BCUT2D eigenvalue weighted by molar-refractivity contribution is 14.1. The summed E-state index contributed by atoms with van der Waals surface area (Å²) in [6, 6.07) is 25.4. The van der Waals surface area contributed by atoms with Crippen molar-refractivity contribution in [1.29, 1.82) is 0 Å². The lowest BCUT2D eigenvalue weighted by molar-refractivity contribution is 1.53. The summed E-state index contributed by atoms with van der Waals surface area (Å²) in [6.45, 7) is 0. The van der Waals surface area contributed by atoms with Gasteiger partial charge in [0.1, 0.15) is 0 Å². The van der Waals surface area contributed by atoms with E-state index in [1.807, 2.05) is 12.1 Å². The Morgan fingerprint density at radius 3 is 1.45 bits per heavy atom. The summed E-state index contributed by atoms with van der Waals surface area (Å²) in [4.78, 5) is 0. The Hall–Kier alpha value is -1.13. The molecule has 0 bridgehead atoms. The first-order chi connectivity index (χ1) is 9.75. The van der Waals surface area contributed by atoms with E-state index in [2.05, 4.69) is 99.2 Å². The van der Waals surface area contributed by atoms with Crippen LogP contribution in [0.3, 0.4) is 0 Å². The topological polar surface area (TPSA) is 0 Å². The maximum absolute atomic E-state index is 3.64. The summed E-state index contributed by atoms with van der Waals surface area (Å²) in [5.41, 5.74) is 5.02. The molecule has 0 aliphatic rings. The van der Waals surface area contributed by atoms with Crippen LogP contribution < -0.4 is 0 Å². The molecule has 0 saturated carbocycles. The molecule has 0 atom stereocenters. The van der Waals surface area contributed by atoms with Crippen LogP contribution in [0.1, 0.15) is 0 Å². The first kappa shape index (κ1) is 13.8. The number of hydrogen-bond donors (Lipinski definition) is 0. The average Bonchev–Trinajstić information content (AvgIpc) is 2.51. The van der Waals surface area contributed by atoms with Crippen LogP contribution >= 0.6 is 38.5 Å². The first-order valence-corrected chi connectivity index (χ1v) is 8.23. The number of halogens is 2. The van der Waals surface area contributed by atoms with Crippen molar-refractivity contribution in [1.82, 2.24) is 0 Å². The van der Waals surface area contributed by atoms with Crippen LogP contribution in [-0.4, -0.2) is 0 Å². The summed E-state index contributed by atoms with van der Waals surface area (Å²) in [5.74, 6) is 0. The molecular formula is C18H12BrI. The second-order valence-electron chi connectivity index (χ2n) is 4.55. The zero-order valence-electron chi connectivity index (χ0n) is 10.7. The van der Waals surface area contributed by atoms with E-state index in [4.69, 9.17) is 0 Å². The van der Waals surface area contributed by atoms with E-state index in [0.717, 1.165) is 4.47 Å². The van der Waals surface area contributed by atoms with Crippen LogP contribution in [0.5, 0.6) is 0 Å². The fourth-order valence-corrected chi connectivity index (χ4v) is 3.64. The Balaban J connectivity index is 2.22. The summed E-state index contributed by atoms with van der Waals surface area (Å²) in [6.07, 6.45) is 0. The highest BCUT2D eigenvalue weighted by Gasteiger charge is 2.10. The van der Waals surface area contributed by atoms with Gasteiger partial charge in [0.15, 0.2) is 0 Å². The van der Waals surface area contributed by atoms with Gasteiger partial charge in [0.05, 0.1) is 0 Å². The van der Waals surface area contributed by atoms with Crippen LogP contribution in [0.4, 0.5) is 0 Å². The molecule has 2 heteroatoms. The largest absolute Gasteiger partial charge is 0.0622 e. The maximum atomic E-state index is 3.64. The Morgan fingerprint density at radius 2 is 1.05 bits per heavy atom. The van der Waals surface area contributed by atoms with Gasteiger partial charge in [-0.05, 0) is 57.0 Å². The van der Waals surface area contributed by atoms with E-state index in [0.29, 0.717) is 0 Å². The van der Waals surface area contributed by atoms with Crippen molar-refractivity contribution in [3.8, 4) is 22.3 Å². The van der Waals surface area contributed by atoms with Crippen molar-refractivity contribution in [2.75, 3.05) is 0 Å². The smallest absolute Gasteiger partial charge is 0.0288 e. The van der Waals surface area contributed by atoms with Gasteiger partial charge < -0.3 is 0 Å². The monoisotopic (exact) mass is 434 g/mol. The van der Waals surface area contributed by atoms with Crippen molar-refractivity contribution < 1.29 is 0 Å². The van der Waals surface area contributed by atoms with Gasteiger partial charge in [-0.15, -0.1) is 0 Å². The third kappa shape index (κ3) is 2.81. The fourth-order valence-electron chi connectivity index (χ4n) is 2.24. The van der Waals surface area contributed by atoms with Crippen LogP contribution in [0.25, 0.3) is 22.3 Å². The zero-order valence-corrected chi connectivity index (χ0v) is 14.4. The van der Waals surface area contributed by atoms with Crippen molar-refractivity contribution in [2.45, 2.75) is 0 Å². The lowest BCUT2D eigenvalue weighted by atomic mass is 9.99. The Labute approximate surface area is 141 Å². The Kier molecular flexibility index (Phi) is 4.22. The van der Waals surface area contributed by atoms with Gasteiger partial charge in [0, 0.05) is 8.04 Å². The minimum atomic E-state index is 1.11. The predicted molar refractivity (Wildman–Crippen MR) is 97.7 cm³/mol. The number of benzene rings is 3. The van der Waals surface area contributed by atoms with Gasteiger partial charge in [0.2, 0.25) is 0 Å². The lowest BCUT2D eigenvalue weighted by Crippen LogP contribution is -1.89. The van der Waals surface area contributed by atoms with Gasteiger partial charge in [-0.2, -0.15) is 0 Å². The molecule has 0 nitrogen and oxygen atoms in total. The normalized spacial score (nSPS) is 10.5. The highest BCUT2D eigenvalue weighted by Crippen LogP contribution is 2.36. The molecule has 0 saturated heterocycles. The minimum Gasteiger partial charge on any atom is -0.0622 e. The van der Waals surface area contributed by atoms with E-state index in [1.165, 1.54) is 25.8 Å². The molecule has 98 valence electrons. The molecule has 3 rings (SSSR count). The highest BCUT2D eigenvalue weighted by atomic mass is 127. The number of rotatable bonds is 2. The van der Waals surface area contributed by atoms with E-state index in [-0.39, 0.29) is 0 Å². The van der Waals surface area contributed by atoms with Crippen molar-refractivity contribution in [3.63, 3.8) is 0 Å².